The number of anilines is 1. The van der Waals surface area contributed by atoms with Gasteiger partial charge in [0.1, 0.15) is 5.92 Å². The van der Waals surface area contributed by atoms with Crippen LogP contribution in [0.3, 0.4) is 0 Å². The molecule has 1 aromatic rings. The lowest BCUT2D eigenvalue weighted by molar-refractivity contribution is -0.136. The molecule has 0 saturated heterocycles. The highest BCUT2D eigenvalue weighted by molar-refractivity contribution is 7.73. The Kier molecular flexibility index (Phi) is 4.58. The summed E-state index contributed by atoms with van der Waals surface area (Å²) in [6.07, 6.45) is 0. The van der Waals surface area contributed by atoms with Crippen molar-refractivity contribution in [1.82, 2.24) is 15.5 Å². The van der Waals surface area contributed by atoms with Gasteiger partial charge in [0.25, 0.3) is 0 Å². The predicted molar refractivity (Wildman–Crippen MR) is 72.9 cm³/mol. The second-order valence-corrected chi connectivity index (χ2v) is 6.49. The molecule has 1 atom stereocenters. The van der Waals surface area contributed by atoms with Crippen molar-refractivity contribution in [2.75, 3.05) is 12.4 Å². The van der Waals surface area contributed by atoms with E-state index in [0.717, 1.165) is 11.3 Å². The minimum atomic E-state index is -0.792. The number of amides is 2. The van der Waals surface area contributed by atoms with E-state index >= 15 is 0 Å². The van der Waals surface area contributed by atoms with Crippen LogP contribution in [0.25, 0.3) is 0 Å². The molecule has 0 bridgehead atoms. The second kappa shape index (κ2) is 5.57. The lowest BCUT2D eigenvalue weighted by Crippen LogP contribution is -2.44. The number of hydrogen-bond acceptors (Lipinski definition) is 5. The van der Waals surface area contributed by atoms with E-state index in [0.29, 0.717) is 9.09 Å². The summed E-state index contributed by atoms with van der Waals surface area (Å²) in [5.41, 5.74) is -0.484. The van der Waals surface area contributed by atoms with Gasteiger partial charge in [-0.1, -0.05) is 32.1 Å². The number of rotatable bonds is 3. The number of nitrogens with zero attached hydrogens (tertiary/aromatic N) is 1. The Morgan fingerprint density at radius 2 is 2.00 bits per heavy atom. The fraction of sp³-hybridized carbons (Fsp3) is 0.600. The molecule has 6 nitrogen and oxygen atoms in total. The first-order valence-electron chi connectivity index (χ1n) is 5.33. The monoisotopic (exact) mass is 288 g/mol. The zero-order chi connectivity index (χ0) is 13.9. The van der Waals surface area contributed by atoms with Crippen LogP contribution in [0.15, 0.2) is 0 Å². The van der Waals surface area contributed by atoms with Crippen LogP contribution in [0, 0.1) is 15.3 Å². The van der Waals surface area contributed by atoms with E-state index in [9.17, 15) is 9.59 Å². The smallest absolute Gasteiger partial charge is 0.239 e. The molecule has 8 heteroatoms. The SMILES string of the molecule is CNC(=O)C(C(=O)Nc1n[nH]c(=S)s1)C(C)(C)C. The van der Waals surface area contributed by atoms with E-state index < -0.39 is 11.3 Å². The lowest BCUT2D eigenvalue weighted by Gasteiger charge is -2.27. The number of aromatic amines is 1. The zero-order valence-corrected chi connectivity index (χ0v) is 12.3. The Balaban J connectivity index is 2.90. The molecule has 2 amide bonds. The summed E-state index contributed by atoms with van der Waals surface area (Å²) >= 11 is 6.02. The van der Waals surface area contributed by atoms with Gasteiger partial charge >= 0.3 is 0 Å². The molecule has 18 heavy (non-hydrogen) atoms. The number of aromatic nitrogens is 2. The van der Waals surface area contributed by atoms with Gasteiger partial charge in [0.15, 0.2) is 3.95 Å². The van der Waals surface area contributed by atoms with Crippen LogP contribution in [-0.2, 0) is 9.59 Å². The number of H-pyrrole nitrogens is 1. The largest absolute Gasteiger partial charge is 0.358 e. The molecule has 0 radical (unpaired) electrons. The molecule has 1 aromatic heterocycles. The molecule has 0 fully saturated rings. The Morgan fingerprint density at radius 3 is 2.39 bits per heavy atom. The lowest BCUT2D eigenvalue weighted by atomic mass is 9.79. The van der Waals surface area contributed by atoms with E-state index in [1.165, 1.54) is 7.05 Å². The molecule has 1 unspecified atom stereocenters. The highest BCUT2D eigenvalue weighted by atomic mass is 32.1. The van der Waals surface area contributed by atoms with Crippen molar-refractivity contribution in [3.63, 3.8) is 0 Å². The Morgan fingerprint density at radius 1 is 1.39 bits per heavy atom. The third-order valence-corrected chi connectivity index (χ3v) is 3.31. The average Bonchev–Trinajstić information content (AvgIpc) is 2.61. The molecule has 1 rings (SSSR count). The topological polar surface area (TPSA) is 86.9 Å². The third kappa shape index (κ3) is 3.61. The van der Waals surface area contributed by atoms with Crippen molar-refractivity contribution >= 4 is 40.5 Å². The third-order valence-electron chi connectivity index (χ3n) is 2.31. The molecule has 0 aliphatic heterocycles. The van der Waals surface area contributed by atoms with Crippen LogP contribution in [-0.4, -0.2) is 29.1 Å². The van der Waals surface area contributed by atoms with Gasteiger partial charge in [-0.05, 0) is 17.6 Å². The van der Waals surface area contributed by atoms with Crippen LogP contribution >= 0.6 is 23.6 Å². The van der Waals surface area contributed by atoms with Crippen molar-refractivity contribution in [3.05, 3.63) is 3.95 Å². The summed E-state index contributed by atoms with van der Waals surface area (Å²) in [6.45, 7) is 5.50. The minimum absolute atomic E-state index is 0.320. The van der Waals surface area contributed by atoms with Crippen molar-refractivity contribution in [3.8, 4) is 0 Å². The summed E-state index contributed by atoms with van der Waals surface area (Å²) in [7, 11) is 1.51. The maximum absolute atomic E-state index is 12.1. The Labute approximate surface area is 114 Å². The van der Waals surface area contributed by atoms with Crippen molar-refractivity contribution in [2.45, 2.75) is 20.8 Å². The normalized spacial score (nSPS) is 12.9. The van der Waals surface area contributed by atoms with Crippen LogP contribution in [0.4, 0.5) is 5.13 Å². The molecule has 0 saturated carbocycles. The van der Waals surface area contributed by atoms with Crippen LogP contribution in [0.2, 0.25) is 0 Å². The van der Waals surface area contributed by atoms with Gasteiger partial charge in [-0.2, -0.15) is 0 Å². The molecule has 0 spiro atoms. The van der Waals surface area contributed by atoms with Gasteiger partial charge in [-0.25, -0.2) is 0 Å². The highest BCUT2D eigenvalue weighted by Gasteiger charge is 2.37. The molecule has 0 aliphatic carbocycles. The molecular weight excluding hydrogens is 272 g/mol. The first-order chi connectivity index (χ1) is 8.25. The van der Waals surface area contributed by atoms with Crippen LogP contribution in [0.5, 0.6) is 0 Å². The zero-order valence-electron chi connectivity index (χ0n) is 10.7. The van der Waals surface area contributed by atoms with Gasteiger partial charge in [0, 0.05) is 7.05 Å². The second-order valence-electron chi connectivity index (χ2n) is 4.82. The van der Waals surface area contributed by atoms with Crippen LogP contribution < -0.4 is 10.6 Å². The molecule has 1 heterocycles. The van der Waals surface area contributed by atoms with E-state index in [2.05, 4.69) is 20.8 Å². The van der Waals surface area contributed by atoms with Gasteiger partial charge < -0.3 is 5.32 Å². The molecular formula is C10H16N4O2S2. The average molecular weight is 288 g/mol. The van der Waals surface area contributed by atoms with E-state index in [1.807, 2.05) is 20.8 Å². The summed E-state index contributed by atoms with van der Waals surface area (Å²) in [5, 5.41) is 11.9. The number of hydrogen-bond donors (Lipinski definition) is 3. The van der Waals surface area contributed by atoms with Crippen LogP contribution in [0.1, 0.15) is 20.8 Å². The minimum Gasteiger partial charge on any atom is -0.358 e. The quantitative estimate of drug-likeness (QED) is 0.582. The van der Waals surface area contributed by atoms with Gasteiger partial charge in [0.2, 0.25) is 16.9 Å². The molecule has 0 aliphatic rings. The van der Waals surface area contributed by atoms with Gasteiger partial charge in [-0.3, -0.25) is 20.0 Å². The summed E-state index contributed by atoms with van der Waals surface area (Å²) in [5.74, 6) is -1.50. The maximum Gasteiger partial charge on any atom is 0.239 e. The first kappa shape index (κ1) is 14.8. The van der Waals surface area contributed by atoms with Crippen molar-refractivity contribution in [1.29, 1.82) is 0 Å². The van der Waals surface area contributed by atoms with E-state index in [4.69, 9.17) is 12.2 Å². The summed E-state index contributed by atoms with van der Waals surface area (Å²) in [6, 6.07) is 0. The first-order valence-corrected chi connectivity index (χ1v) is 6.56. The molecule has 0 aromatic carbocycles. The predicted octanol–water partition coefficient (Wildman–Crippen LogP) is 1.55. The summed E-state index contributed by atoms with van der Waals surface area (Å²) < 4.78 is 0.470. The summed E-state index contributed by atoms with van der Waals surface area (Å²) in [4.78, 5) is 23.9. The highest BCUT2D eigenvalue weighted by Crippen LogP contribution is 2.27. The maximum atomic E-state index is 12.1. The fourth-order valence-corrected chi connectivity index (χ4v) is 2.30. The van der Waals surface area contributed by atoms with Crippen molar-refractivity contribution in [2.24, 2.45) is 11.3 Å². The Hall–Kier alpha value is -1.28. The number of nitrogens with one attached hydrogen (secondary N) is 3. The van der Waals surface area contributed by atoms with E-state index in [1.54, 1.807) is 0 Å². The molecule has 3 N–H and O–H groups in total. The Bertz CT molecular complexity index is 500. The molecule has 100 valence electrons. The number of carbonyl (C=O) groups excluding carboxylic acids is 2. The van der Waals surface area contributed by atoms with E-state index in [-0.39, 0.29) is 11.8 Å². The number of carbonyl (C=O) groups is 2. The van der Waals surface area contributed by atoms with Gasteiger partial charge in [0.05, 0.1) is 0 Å². The standard InChI is InChI=1S/C10H16N4O2S2/c1-10(2,3)5(6(15)11-4)7(16)12-8-13-14-9(17)18-8/h5H,1-4H3,(H,11,15)(H,14,17)(H,12,13,16). The van der Waals surface area contributed by atoms with Crippen molar-refractivity contribution < 1.29 is 9.59 Å². The fourth-order valence-electron chi connectivity index (χ4n) is 1.51. The van der Waals surface area contributed by atoms with Gasteiger partial charge in [-0.15, -0.1) is 5.10 Å².